The standard InChI is InChI=1S/C14H18F2N2O2/c1-17(2)9-4-3-7-18(8-9)11-6-5-10(14(19)20)12(15)13(11)16/h5-6,9H,3-4,7-8H2,1-2H3,(H,19,20). The Balaban J connectivity index is 2.29. The lowest BCUT2D eigenvalue weighted by atomic mass is 10.0. The minimum absolute atomic E-state index is 0.138. The Morgan fingerprint density at radius 2 is 2.05 bits per heavy atom. The van der Waals surface area contributed by atoms with E-state index in [1.807, 2.05) is 14.1 Å². The maximum absolute atomic E-state index is 14.0. The first-order valence-corrected chi connectivity index (χ1v) is 6.54. The molecule has 0 aromatic heterocycles. The van der Waals surface area contributed by atoms with E-state index in [9.17, 15) is 13.6 Å². The van der Waals surface area contributed by atoms with Gasteiger partial charge in [-0.25, -0.2) is 13.6 Å². The molecule has 1 aliphatic rings. The quantitative estimate of drug-likeness (QED) is 0.924. The highest BCUT2D eigenvalue weighted by atomic mass is 19.2. The number of hydrogen-bond donors (Lipinski definition) is 1. The molecule has 1 unspecified atom stereocenters. The van der Waals surface area contributed by atoms with E-state index in [4.69, 9.17) is 5.11 Å². The van der Waals surface area contributed by atoms with Crippen molar-refractivity contribution < 1.29 is 18.7 Å². The van der Waals surface area contributed by atoms with Crippen LogP contribution in [0.5, 0.6) is 0 Å². The van der Waals surface area contributed by atoms with Crippen LogP contribution < -0.4 is 4.90 Å². The van der Waals surface area contributed by atoms with Gasteiger partial charge in [-0.3, -0.25) is 0 Å². The third-order valence-electron chi connectivity index (χ3n) is 3.76. The monoisotopic (exact) mass is 284 g/mol. The third kappa shape index (κ3) is 2.75. The summed E-state index contributed by atoms with van der Waals surface area (Å²) in [7, 11) is 3.91. The van der Waals surface area contributed by atoms with Crippen LogP contribution in [-0.2, 0) is 0 Å². The first kappa shape index (κ1) is 14.7. The first-order valence-electron chi connectivity index (χ1n) is 6.54. The largest absolute Gasteiger partial charge is 0.478 e. The number of rotatable bonds is 3. The fourth-order valence-corrected chi connectivity index (χ4v) is 2.54. The van der Waals surface area contributed by atoms with Crippen LogP contribution in [0.2, 0.25) is 0 Å². The van der Waals surface area contributed by atoms with Gasteiger partial charge >= 0.3 is 5.97 Å². The van der Waals surface area contributed by atoms with Crippen LogP contribution in [0, 0.1) is 11.6 Å². The molecule has 1 aromatic carbocycles. The Morgan fingerprint density at radius 1 is 1.35 bits per heavy atom. The van der Waals surface area contributed by atoms with E-state index in [2.05, 4.69) is 4.90 Å². The van der Waals surface area contributed by atoms with Gasteiger partial charge in [0.25, 0.3) is 0 Å². The smallest absolute Gasteiger partial charge is 0.338 e. The molecule has 1 N–H and O–H groups in total. The van der Waals surface area contributed by atoms with E-state index < -0.39 is 23.2 Å². The number of carbonyl (C=O) groups is 1. The molecule has 0 spiro atoms. The molecule has 1 aliphatic heterocycles. The molecule has 2 rings (SSSR count). The Bertz CT molecular complexity index is 520. The lowest BCUT2D eigenvalue weighted by Gasteiger charge is -2.37. The molecule has 0 amide bonds. The van der Waals surface area contributed by atoms with Crippen LogP contribution in [0.25, 0.3) is 0 Å². The number of carboxylic acid groups (broad SMARTS) is 1. The van der Waals surface area contributed by atoms with Gasteiger partial charge < -0.3 is 14.9 Å². The van der Waals surface area contributed by atoms with Gasteiger partial charge in [0.2, 0.25) is 0 Å². The Morgan fingerprint density at radius 3 is 2.65 bits per heavy atom. The first-order chi connectivity index (χ1) is 9.41. The Labute approximate surface area is 116 Å². The van der Waals surface area contributed by atoms with Crippen molar-refractivity contribution in [1.82, 2.24) is 4.90 Å². The third-order valence-corrected chi connectivity index (χ3v) is 3.76. The van der Waals surface area contributed by atoms with Gasteiger partial charge in [-0.05, 0) is 39.1 Å². The van der Waals surface area contributed by atoms with Crippen molar-refractivity contribution in [2.24, 2.45) is 0 Å². The van der Waals surface area contributed by atoms with Gasteiger partial charge in [-0.15, -0.1) is 0 Å². The van der Waals surface area contributed by atoms with Crippen molar-refractivity contribution in [3.63, 3.8) is 0 Å². The number of anilines is 1. The average molecular weight is 284 g/mol. The van der Waals surface area contributed by atoms with Crippen LogP contribution in [0.4, 0.5) is 14.5 Å². The van der Waals surface area contributed by atoms with E-state index in [0.717, 1.165) is 18.9 Å². The van der Waals surface area contributed by atoms with Crippen molar-refractivity contribution in [3.05, 3.63) is 29.3 Å². The maximum atomic E-state index is 14.0. The van der Waals surface area contributed by atoms with Crippen molar-refractivity contribution in [2.45, 2.75) is 18.9 Å². The van der Waals surface area contributed by atoms with Crippen LogP contribution in [-0.4, -0.2) is 49.2 Å². The number of halogens is 2. The molecule has 1 heterocycles. The fraction of sp³-hybridized carbons (Fsp3) is 0.500. The zero-order valence-corrected chi connectivity index (χ0v) is 11.6. The predicted octanol–water partition coefficient (Wildman–Crippen LogP) is 2.19. The van der Waals surface area contributed by atoms with Gasteiger partial charge in [0.05, 0.1) is 11.3 Å². The highest BCUT2D eigenvalue weighted by molar-refractivity contribution is 5.88. The molecule has 0 saturated carbocycles. The molecular weight excluding hydrogens is 266 g/mol. The minimum atomic E-state index is -1.46. The SMILES string of the molecule is CN(C)C1CCCN(c2ccc(C(=O)O)c(F)c2F)C1. The van der Waals surface area contributed by atoms with E-state index >= 15 is 0 Å². The molecule has 20 heavy (non-hydrogen) atoms. The van der Waals surface area contributed by atoms with E-state index in [1.54, 1.807) is 4.90 Å². The molecule has 1 saturated heterocycles. The molecular formula is C14H18F2N2O2. The lowest BCUT2D eigenvalue weighted by molar-refractivity contribution is 0.0690. The van der Waals surface area contributed by atoms with Crippen molar-refractivity contribution >= 4 is 11.7 Å². The van der Waals surface area contributed by atoms with Crippen LogP contribution >= 0.6 is 0 Å². The lowest BCUT2D eigenvalue weighted by Crippen LogP contribution is -2.45. The zero-order valence-electron chi connectivity index (χ0n) is 11.6. The summed E-state index contributed by atoms with van der Waals surface area (Å²) in [4.78, 5) is 14.6. The molecule has 1 aromatic rings. The second-order valence-electron chi connectivity index (χ2n) is 5.27. The van der Waals surface area contributed by atoms with Crippen molar-refractivity contribution in [2.75, 3.05) is 32.1 Å². The van der Waals surface area contributed by atoms with Crippen LogP contribution in [0.15, 0.2) is 12.1 Å². The van der Waals surface area contributed by atoms with Crippen LogP contribution in [0.1, 0.15) is 23.2 Å². The van der Waals surface area contributed by atoms with Gasteiger partial charge in [0, 0.05) is 19.1 Å². The van der Waals surface area contributed by atoms with Crippen molar-refractivity contribution in [1.29, 1.82) is 0 Å². The summed E-state index contributed by atoms with van der Waals surface area (Å²) in [6.07, 6.45) is 1.91. The molecule has 0 bridgehead atoms. The second-order valence-corrected chi connectivity index (χ2v) is 5.27. The number of piperidine rings is 1. The summed E-state index contributed by atoms with van der Waals surface area (Å²) >= 11 is 0. The minimum Gasteiger partial charge on any atom is -0.478 e. The van der Waals surface area contributed by atoms with Gasteiger partial charge in [0.15, 0.2) is 11.6 Å². The number of nitrogens with zero attached hydrogens (tertiary/aromatic N) is 2. The number of carboxylic acids is 1. The molecule has 4 nitrogen and oxygen atoms in total. The average Bonchev–Trinajstić information content (AvgIpc) is 2.41. The number of aromatic carboxylic acids is 1. The molecule has 6 heteroatoms. The Hall–Kier alpha value is -1.69. The number of benzene rings is 1. The van der Waals surface area contributed by atoms with Crippen molar-refractivity contribution in [3.8, 4) is 0 Å². The van der Waals surface area contributed by atoms with Gasteiger partial charge in [0.1, 0.15) is 0 Å². The molecule has 110 valence electrons. The fourth-order valence-electron chi connectivity index (χ4n) is 2.54. The molecule has 0 aliphatic carbocycles. The highest BCUT2D eigenvalue weighted by Crippen LogP contribution is 2.27. The predicted molar refractivity (Wildman–Crippen MR) is 72.2 cm³/mol. The summed E-state index contributed by atoms with van der Waals surface area (Å²) in [6.45, 7) is 1.25. The number of likely N-dealkylation sites (N-methyl/N-ethyl adjacent to an activating group) is 1. The summed E-state index contributed by atoms with van der Waals surface area (Å²) < 4.78 is 27.8. The summed E-state index contributed by atoms with van der Waals surface area (Å²) in [5.41, 5.74) is -0.494. The maximum Gasteiger partial charge on any atom is 0.338 e. The summed E-state index contributed by atoms with van der Waals surface area (Å²) in [5, 5.41) is 8.78. The van der Waals surface area contributed by atoms with Crippen LogP contribution in [0.3, 0.4) is 0 Å². The second kappa shape index (κ2) is 5.75. The normalized spacial score (nSPS) is 19.4. The Kier molecular flexibility index (Phi) is 4.23. The van der Waals surface area contributed by atoms with E-state index in [-0.39, 0.29) is 11.7 Å². The molecule has 0 radical (unpaired) electrons. The van der Waals surface area contributed by atoms with E-state index in [0.29, 0.717) is 13.1 Å². The molecule has 1 atom stereocenters. The topological polar surface area (TPSA) is 43.8 Å². The van der Waals surface area contributed by atoms with Gasteiger partial charge in [-0.1, -0.05) is 0 Å². The van der Waals surface area contributed by atoms with E-state index in [1.165, 1.54) is 6.07 Å². The zero-order chi connectivity index (χ0) is 14.9. The number of hydrogen-bond acceptors (Lipinski definition) is 3. The summed E-state index contributed by atoms with van der Waals surface area (Å²) in [6, 6.07) is 2.75. The molecule has 1 fully saturated rings. The van der Waals surface area contributed by atoms with Gasteiger partial charge in [-0.2, -0.15) is 0 Å². The highest BCUT2D eigenvalue weighted by Gasteiger charge is 2.26. The summed E-state index contributed by atoms with van der Waals surface area (Å²) in [5.74, 6) is -3.83.